The lowest BCUT2D eigenvalue weighted by molar-refractivity contribution is -0.114. The van der Waals surface area contributed by atoms with Crippen LogP contribution in [0, 0.1) is 6.92 Å². The van der Waals surface area contributed by atoms with Crippen molar-refractivity contribution < 1.29 is 9.21 Å². The van der Waals surface area contributed by atoms with Gasteiger partial charge in [-0.05, 0) is 61.9 Å². The first-order chi connectivity index (χ1) is 13.4. The minimum atomic E-state index is -0.225. The summed E-state index contributed by atoms with van der Waals surface area (Å²) in [5, 5.41) is 6.93. The van der Waals surface area contributed by atoms with Crippen LogP contribution in [-0.4, -0.2) is 11.6 Å². The van der Waals surface area contributed by atoms with Crippen LogP contribution in [0.1, 0.15) is 18.2 Å². The molecule has 3 aromatic rings. The van der Waals surface area contributed by atoms with Crippen LogP contribution in [0.4, 0.5) is 5.69 Å². The topological polar surface area (TPSA) is 45.8 Å². The summed E-state index contributed by atoms with van der Waals surface area (Å²) in [5.74, 6) is 1.04. The quantitative estimate of drug-likeness (QED) is 0.470. The average molecular weight is 411 g/mol. The maximum Gasteiger partial charge on any atom is 0.280 e. The molecule has 0 atom stereocenters. The van der Waals surface area contributed by atoms with Crippen LogP contribution in [0.5, 0.6) is 0 Å². The zero-order chi connectivity index (χ0) is 19.8. The summed E-state index contributed by atoms with van der Waals surface area (Å²) in [6.07, 6.45) is 1.70. The molecule has 1 aliphatic heterocycles. The number of hydrazone groups is 1. The average Bonchev–Trinajstić information content (AvgIpc) is 3.24. The number of hydrogen-bond acceptors (Lipinski definition) is 3. The van der Waals surface area contributed by atoms with E-state index in [0.29, 0.717) is 38.5 Å². The molecule has 28 heavy (non-hydrogen) atoms. The monoisotopic (exact) mass is 410 g/mol. The van der Waals surface area contributed by atoms with Gasteiger partial charge in [0.2, 0.25) is 0 Å². The van der Waals surface area contributed by atoms with Crippen LogP contribution in [0.3, 0.4) is 0 Å². The van der Waals surface area contributed by atoms with Crippen LogP contribution in [0.2, 0.25) is 10.0 Å². The van der Waals surface area contributed by atoms with Gasteiger partial charge in [-0.1, -0.05) is 41.4 Å². The molecule has 0 radical (unpaired) electrons. The molecule has 1 aromatic heterocycles. The molecule has 4 rings (SSSR count). The van der Waals surface area contributed by atoms with E-state index in [1.165, 1.54) is 5.01 Å². The first kappa shape index (κ1) is 18.5. The normalized spacial score (nSPS) is 15.4. The molecule has 0 aliphatic carbocycles. The van der Waals surface area contributed by atoms with Gasteiger partial charge >= 0.3 is 0 Å². The fourth-order valence-electron chi connectivity index (χ4n) is 3.06. The second kappa shape index (κ2) is 7.30. The Kier molecular flexibility index (Phi) is 4.84. The zero-order valence-corrected chi connectivity index (χ0v) is 16.8. The second-order valence-corrected chi connectivity index (χ2v) is 7.30. The molecule has 0 bridgehead atoms. The summed E-state index contributed by atoms with van der Waals surface area (Å²) in [6, 6.07) is 16.4. The third-order valence-corrected chi connectivity index (χ3v) is 5.21. The van der Waals surface area contributed by atoms with Gasteiger partial charge in [-0.3, -0.25) is 4.79 Å². The number of halogens is 2. The molecule has 0 saturated heterocycles. The van der Waals surface area contributed by atoms with Crippen molar-refractivity contribution in [3.05, 3.63) is 81.5 Å². The predicted molar refractivity (Wildman–Crippen MR) is 114 cm³/mol. The molecular formula is C22H16Cl2N2O2. The van der Waals surface area contributed by atoms with Gasteiger partial charge in [-0.15, -0.1) is 0 Å². The molecule has 2 heterocycles. The SMILES string of the molecule is CC1=NN(c2cccc(Cl)c2)C(=O)C1=Cc1ccc(-c2cccc(Cl)c2C)o1. The van der Waals surface area contributed by atoms with Crippen molar-refractivity contribution >= 4 is 46.6 Å². The lowest BCUT2D eigenvalue weighted by Gasteiger charge is -2.11. The smallest absolute Gasteiger partial charge is 0.280 e. The summed E-state index contributed by atoms with van der Waals surface area (Å²) < 4.78 is 5.94. The summed E-state index contributed by atoms with van der Waals surface area (Å²) in [6.45, 7) is 3.73. The number of carbonyl (C=O) groups is 1. The number of benzene rings is 2. The van der Waals surface area contributed by atoms with E-state index >= 15 is 0 Å². The van der Waals surface area contributed by atoms with Gasteiger partial charge in [0.15, 0.2) is 0 Å². The minimum Gasteiger partial charge on any atom is -0.457 e. The minimum absolute atomic E-state index is 0.225. The van der Waals surface area contributed by atoms with E-state index in [1.54, 1.807) is 37.3 Å². The van der Waals surface area contributed by atoms with Gasteiger partial charge in [-0.2, -0.15) is 10.1 Å². The lowest BCUT2D eigenvalue weighted by atomic mass is 10.1. The molecule has 140 valence electrons. The molecular weight excluding hydrogens is 395 g/mol. The molecule has 0 unspecified atom stereocenters. The number of amides is 1. The van der Waals surface area contributed by atoms with Gasteiger partial charge in [0.1, 0.15) is 11.5 Å². The summed E-state index contributed by atoms with van der Waals surface area (Å²) >= 11 is 12.2. The number of nitrogens with zero attached hydrogens (tertiary/aromatic N) is 2. The number of hydrogen-bond donors (Lipinski definition) is 0. The van der Waals surface area contributed by atoms with E-state index in [4.69, 9.17) is 27.6 Å². The molecule has 4 nitrogen and oxygen atoms in total. The van der Waals surface area contributed by atoms with Crippen LogP contribution in [0.15, 0.2) is 69.7 Å². The highest BCUT2D eigenvalue weighted by Gasteiger charge is 2.29. The molecule has 0 spiro atoms. The number of rotatable bonds is 3. The summed E-state index contributed by atoms with van der Waals surface area (Å²) in [7, 11) is 0. The highest BCUT2D eigenvalue weighted by Crippen LogP contribution is 2.31. The van der Waals surface area contributed by atoms with Crippen LogP contribution >= 0.6 is 23.2 Å². The lowest BCUT2D eigenvalue weighted by Crippen LogP contribution is -2.21. The summed E-state index contributed by atoms with van der Waals surface area (Å²) in [5.41, 5.74) is 3.57. The second-order valence-electron chi connectivity index (χ2n) is 6.45. The Balaban J connectivity index is 1.65. The molecule has 0 fully saturated rings. The van der Waals surface area contributed by atoms with Crippen molar-refractivity contribution in [2.45, 2.75) is 13.8 Å². The molecule has 2 aromatic carbocycles. The van der Waals surface area contributed by atoms with Crippen LogP contribution < -0.4 is 5.01 Å². The highest BCUT2D eigenvalue weighted by molar-refractivity contribution is 6.33. The van der Waals surface area contributed by atoms with Crippen molar-refractivity contribution in [1.29, 1.82) is 0 Å². The van der Waals surface area contributed by atoms with Crippen molar-refractivity contribution in [2.24, 2.45) is 5.10 Å². The Morgan fingerprint density at radius 3 is 2.61 bits per heavy atom. The number of anilines is 1. The Hall–Kier alpha value is -2.82. The van der Waals surface area contributed by atoms with E-state index in [9.17, 15) is 4.79 Å². The fraction of sp³-hybridized carbons (Fsp3) is 0.0909. The van der Waals surface area contributed by atoms with E-state index < -0.39 is 0 Å². The highest BCUT2D eigenvalue weighted by atomic mass is 35.5. The Morgan fingerprint density at radius 2 is 1.82 bits per heavy atom. The Labute approximate surface area is 172 Å². The zero-order valence-electron chi connectivity index (χ0n) is 15.2. The Bertz CT molecular complexity index is 1140. The number of carbonyl (C=O) groups excluding carboxylic acids is 1. The fourth-order valence-corrected chi connectivity index (χ4v) is 3.42. The van der Waals surface area contributed by atoms with Gasteiger partial charge in [-0.25, -0.2) is 0 Å². The first-order valence-electron chi connectivity index (χ1n) is 8.66. The Morgan fingerprint density at radius 1 is 1.04 bits per heavy atom. The van der Waals surface area contributed by atoms with E-state index in [1.807, 2.05) is 37.3 Å². The number of furan rings is 1. The maximum atomic E-state index is 12.8. The predicted octanol–water partition coefficient (Wildman–Crippen LogP) is 6.37. The summed E-state index contributed by atoms with van der Waals surface area (Å²) in [4.78, 5) is 12.8. The van der Waals surface area contributed by atoms with E-state index in [2.05, 4.69) is 5.10 Å². The van der Waals surface area contributed by atoms with Gasteiger partial charge in [0.05, 0.1) is 17.0 Å². The third kappa shape index (κ3) is 3.37. The standard InChI is InChI=1S/C22H16Cl2N2O2/c1-13-18(7-4-8-20(13)24)21-10-9-17(28-21)12-19-14(2)25-26(22(19)27)16-6-3-5-15(23)11-16/h3-12H,1-2H3. The molecule has 0 N–H and O–H groups in total. The van der Waals surface area contributed by atoms with Crippen molar-refractivity contribution in [3.63, 3.8) is 0 Å². The van der Waals surface area contributed by atoms with Gasteiger partial charge in [0, 0.05) is 15.6 Å². The molecule has 0 saturated carbocycles. The van der Waals surface area contributed by atoms with Crippen molar-refractivity contribution in [3.8, 4) is 11.3 Å². The first-order valence-corrected chi connectivity index (χ1v) is 9.42. The van der Waals surface area contributed by atoms with Crippen LogP contribution in [0.25, 0.3) is 17.4 Å². The molecule has 1 amide bonds. The maximum absolute atomic E-state index is 12.8. The van der Waals surface area contributed by atoms with Gasteiger partial charge in [0.25, 0.3) is 5.91 Å². The van der Waals surface area contributed by atoms with Crippen molar-refractivity contribution in [1.82, 2.24) is 0 Å². The van der Waals surface area contributed by atoms with Crippen LogP contribution in [-0.2, 0) is 4.79 Å². The van der Waals surface area contributed by atoms with E-state index in [-0.39, 0.29) is 5.91 Å². The van der Waals surface area contributed by atoms with E-state index in [0.717, 1.165) is 11.1 Å². The van der Waals surface area contributed by atoms with Gasteiger partial charge < -0.3 is 4.42 Å². The largest absolute Gasteiger partial charge is 0.457 e. The molecule has 6 heteroatoms. The third-order valence-electron chi connectivity index (χ3n) is 4.56. The van der Waals surface area contributed by atoms with Crippen molar-refractivity contribution in [2.75, 3.05) is 5.01 Å². The molecule has 1 aliphatic rings.